The minimum Gasteiger partial charge on any atom is -0.274 e. The fourth-order valence-electron chi connectivity index (χ4n) is 5.41. The van der Waals surface area contributed by atoms with Gasteiger partial charge in [-0.15, -0.1) is 0 Å². The van der Waals surface area contributed by atoms with Crippen LogP contribution in [0.4, 0.5) is 5.69 Å². The molecule has 0 aromatic heterocycles. The first kappa shape index (κ1) is 18.1. The summed E-state index contributed by atoms with van der Waals surface area (Å²) >= 11 is 6.10. The molecule has 150 valence electrons. The summed E-state index contributed by atoms with van der Waals surface area (Å²) in [5, 5.41) is 6.94. The van der Waals surface area contributed by atoms with Gasteiger partial charge in [0.2, 0.25) is 5.91 Å². The van der Waals surface area contributed by atoms with Crippen molar-refractivity contribution in [3.63, 3.8) is 0 Å². The van der Waals surface area contributed by atoms with Crippen molar-refractivity contribution in [2.24, 2.45) is 5.92 Å². The van der Waals surface area contributed by atoms with Crippen LogP contribution < -0.4 is 4.90 Å². The van der Waals surface area contributed by atoms with Crippen molar-refractivity contribution >= 4 is 39.9 Å². The van der Waals surface area contributed by atoms with E-state index in [9.17, 15) is 9.59 Å². The Morgan fingerprint density at radius 2 is 1.47 bits per heavy atom. The molecule has 6 heteroatoms. The zero-order valence-corrected chi connectivity index (χ0v) is 17.0. The number of halogens is 1. The van der Waals surface area contributed by atoms with E-state index in [0.29, 0.717) is 10.7 Å². The lowest BCUT2D eigenvalue weighted by Gasteiger charge is -2.30. The van der Waals surface area contributed by atoms with Crippen LogP contribution in [-0.4, -0.2) is 41.0 Å². The van der Waals surface area contributed by atoms with E-state index in [2.05, 4.69) is 10.0 Å². The first-order chi connectivity index (χ1) is 14.6. The molecule has 0 aliphatic carbocycles. The predicted octanol–water partition coefficient (Wildman–Crippen LogP) is 4.03. The maximum absolute atomic E-state index is 13.7. The van der Waals surface area contributed by atoms with Crippen LogP contribution >= 0.6 is 11.6 Å². The highest BCUT2D eigenvalue weighted by molar-refractivity contribution is 6.30. The standard InChI is InChI=1S/C24H20ClN3O2/c25-17-11-9-16(10-12-17)21-20-22(27-14-4-13-26(21)27)24(30)28(23(20)29)19-8-3-6-15-5-1-2-7-18(15)19/h1-3,5-12,20-22H,4,13-14H2/t20-,21-,22+/m1/s1. The number of carbonyl (C=O) groups is 2. The van der Waals surface area contributed by atoms with Crippen molar-refractivity contribution in [3.8, 4) is 0 Å². The van der Waals surface area contributed by atoms with Crippen molar-refractivity contribution in [3.05, 3.63) is 77.3 Å². The zero-order chi connectivity index (χ0) is 20.4. The first-order valence-electron chi connectivity index (χ1n) is 10.3. The molecular formula is C24H20ClN3O2. The number of rotatable bonds is 2. The monoisotopic (exact) mass is 417 g/mol. The predicted molar refractivity (Wildman–Crippen MR) is 116 cm³/mol. The Hall–Kier alpha value is -2.73. The molecular weight excluding hydrogens is 398 g/mol. The summed E-state index contributed by atoms with van der Waals surface area (Å²) in [7, 11) is 0. The van der Waals surface area contributed by atoms with E-state index in [0.717, 1.165) is 35.8 Å². The molecule has 3 aliphatic heterocycles. The third-order valence-corrected chi connectivity index (χ3v) is 6.88. The van der Waals surface area contributed by atoms with Crippen LogP contribution in [0.25, 0.3) is 10.8 Å². The molecule has 2 amide bonds. The van der Waals surface area contributed by atoms with Crippen LogP contribution in [-0.2, 0) is 9.59 Å². The van der Waals surface area contributed by atoms with Gasteiger partial charge in [0.1, 0.15) is 6.04 Å². The minimum absolute atomic E-state index is 0.115. The Kier molecular flexibility index (Phi) is 4.00. The summed E-state index contributed by atoms with van der Waals surface area (Å²) in [5.41, 5.74) is 1.71. The second-order valence-corrected chi connectivity index (χ2v) is 8.59. The lowest BCUT2D eigenvalue weighted by atomic mass is 9.90. The number of amides is 2. The van der Waals surface area contributed by atoms with E-state index in [1.54, 1.807) is 0 Å². The van der Waals surface area contributed by atoms with Crippen molar-refractivity contribution in [1.82, 2.24) is 10.0 Å². The summed E-state index contributed by atoms with van der Waals surface area (Å²) in [6.45, 7) is 1.66. The normalized spacial score (nSPS) is 26.6. The average Bonchev–Trinajstić information content (AvgIpc) is 3.41. The maximum Gasteiger partial charge on any atom is 0.253 e. The lowest BCUT2D eigenvalue weighted by molar-refractivity contribution is -0.126. The number of hydrogen-bond donors (Lipinski definition) is 0. The smallest absolute Gasteiger partial charge is 0.253 e. The summed E-state index contributed by atoms with van der Waals surface area (Å²) in [6, 6.07) is 20.7. The van der Waals surface area contributed by atoms with Gasteiger partial charge in [-0.25, -0.2) is 14.9 Å². The van der Waals surface area contributed by atoms with Gasteiger partial charge in [0.05, 0.1) is 17.6 Å². The largest absolute Gasteiger partial charge is 0.274 e. The first-order valence-corrected chi connectivity index (χ1v) is 10.7. The summed E-state index contributed by atoms with van der Waals surface area (Å²) in [4.78, 5) is 28.8. The molecule has 3 saturated heterocycles. The van der Waals surface area contributed by atoms with Crippen LogP contribution in [0, 0.1) is 5.92 Å². The zero-order valence-electron chi connectivity index (χ0n) is 16.2. The van der Waals surface area contributed by atoms with E-state index in [-0.39, 0.29) is 17.9 Å². The van der Waals surface area contributed by atoms with E-state index in [1.807, 2.05) is 66.7 Å². The van der Waals surface area contributed by atoms with Crippen molar-refractivity contribution in [2.75, 3.05) is 18.0 Å². The van der Waals surface area contributed by atoms with Crippen LogP contribution in [0.2, 0.25) is 5.02 Å². The average molecular weight is 418 g/mol. The highest BCUT2D eigenvalue weighted by atomic mass is 35.5. The minimum atomic E-state index is -0.445. The van der Waals surface area contributed by atoms with E-state index < -0.39 is 12.0 Å². The second kappa shape index (κ2) is 6.64. The van der Waals surface area contributed by atoms with E-state index >= 15 is 0 Å². The van der Waals surface area contributed by atoms with E-state index in [1.165, 1.54) is 4.90 Å². The number of imide groups is 1. The summed E-state index contributed by atoms with van der Waals surface area (Å²) < 4.78 is 0. The Bertz CT molecular complexity index is 1170. The highest BCUT2D eigenvalue weighted by Crippen LogP contribution is 2.49. The molecule has 6 rings (SSSR count). The van der Waals surface area contributed by atoms with Gasteiger partial charge in [0, 0.05) is 23.5 Å². The SMILES string of the molecule is O=C1[C@H]2[C@@H](C(=O)N1c1cccc3ccccc13)N1CCCN1[C@@H]2c1ccc(Cl)cc1. The number of fused-ring (bicyclic) bond motifs is 4. The van der Waals surface area contributed by atoms with E-state index in [4.69, 9.17) is 11.6 Å². The van der Waals surface area contributed by atoms with Gasteiger partial charge < -0.3 is 0 Å². The third-order valence-electron chi connectivity index (χ3n) is 6.62. The van der Waals surface area contributed by atoms with Crippen LogP contribution in [0.15, 0.2) is 66.7 Å². The van der Waals surface area contributed by atoms with Gasteiger partial charge in [-0.1, -0.05) is 60.1 Å². The number of hydrogen-bond acceptors (Lipinski definition) is 4. The molecule has 0 saturated carbocycles. The Morgan fingerprint density at radius 3 is 2.27 bits per heavy atom. The number of hydrazine groups is 1. The molecule has 3 atom stereocenters. The number of benzene rings is 3. The number of nitrogens with zero attached hydrogens (tertiary/aromatic N) is 3. The van der Waals surface area contributed by atoms with Crippen LogP contribution in [0.1, 0.15) is 18.0 Å². The van der Waals surface area contributed by atoms with Gasteiger partial charge in [0.15, 0.2) is 0 Å². The van der Waals surface area contributed by atoms with Gasteiger partial charge in [-0.05, 0) is 35.6 Å². The molecule has 3 aliphatic rings. The molecule has 0 radical (unpaired) electrons. The molecule has 0 unspecified atom stereocenters. The van der Waals surface area contributed by atoms with Gasteiger partial charge in [-0.2, -0.15) is 0 Å². The molecule has 30 heavy (non-hydrogen) atoms. The van der Waals surface area contributed by atoms with Crippen molar-refractivity contribution in [1.29, 1.82) is 0 Å². The molecule has 3 aromatic carbocycles. The molecule has 3 aromatic rings. The fraction of sp³-hybridized carbons (Fsp3) is 0.250. The Labute approximate surface area is 179 Å². The molecule has 0 spiro atoms. The lowest BCUT2D eigenvalue weighted by Crippen LogP contribution is -2.44. The van der Waals surface area contributed by atoms with Crippen molar-refractivity contribution in [2.45, 2.75) is 18.5 Å². The quantitative estimate of drug-likeness (QED) is 0.590. The molecule has 5 nitrogen and oxygen atoms in total. The molecule has 0 bridgehead atoms. The molecule has 0 N–H and O–H groups in total. The van der Waals surface area contributed by atoms with Gasteiger partial charge in [-0.3, -0.25) is 9.59 Å². The number of carbonyl (C=O) groups excluding carboxylic acids is 2. The number of anilines is 1. The Morgan fingerprint density at radius 1 is 0.767 bits per heavy atom. The van der Waals surface area contributed by atoms with Gasteiger partial charge >= 0.3 is 0 Å². The third kappa shape index (κ3) is 2.43. The highest BCUT2D eigenvalue weighted by Gasteiger charge is 2.62. The second-order valence-electron chi connectivity index (χ2n) is 8.16. The fourth-order valence-corrected chi connectivity index (χ4v) is 5.54. The molecule has 3 heterocycles. The Balaban J connectivity index is 1.48. The summed E-state index contributed by atoms with van der Waals surface area (Å²) in [6.07, 6.45) is 0.989. The van der Waals surface area contributed by atoms with Crippen LogP contribution in [0.3, 0.4) is 0 Å². The summed E-state index contributed by atoms with van der Waals surface area (Å²) in [5.74, 6) is -0.654. The van der Waals surface area contributed by atoms with Crippen molar-refractivity contribution < 1.29 is 9.59 Å². The van der Waals surface area contributed by atoms with Crippen LogP contribution in [0.5, 0.6) is 0 Å². The molecule has 3 fully saturated rings. The van der Waals surface area contributed by atoms with Gasteiger partial charge in [0.25, 0.3) is 5.91 Å². The topological polar surface area (TPSA) is 43.9 Å². The maximum atomic E-state index is 13.7.